The van der Waals surface area contributed by atoms with E-state index in [9.17, 15) is 9.59 Å². The molecule has 27 heavy (non-hydrogen) atoms. The molecule has 0 aliphatic carbocycles. The molecule has 1 aromatic heterocycles. The smallest absolute Gasteiger partial charge is 0.287 e. The Hall–Kier alpha value is -1.89. The number of carbonyl (C=O) groups is 2. The first-order valence-corrected chi connectivity index (χ1v) is 10.3. The zero-order valence-electron chi connectivity index (χ0n) is 17.0. The summed E-state index contributed by atoms with van der Waals surface area (Å²) in [5.41, 5.74) is 1.45. The van der Waals surface area contributed by atoms with Crippen LogP contribution < -0.4 is 5.32 Å². The lowest BCUT2D eigenvalue weighted by molar-refractivity contribution is 0.0676. The summed E-state index contributed by atoms with van der Waals surface area (Å²) in [6.45, 7) is 6.09. The Morgan fingerprint density at radius 1 is 1.22 bits per heavy atom. The molecule has 1 aromatic rings. The molecule has 1 unspecified atom stereocenters. The van der Waals surface area contributed by atoms with Crippen LogP contribution in [0.5, 0.6) is 0 Å². The van der Waals surface area contributed by atoms with E-state index in [0.717, 1.165) is 64.0 Å². The Bertz CT molecular complexity index is 682. The second-order valence-electron chi connectivity index (χ2n) is 8.25. The molecule has 0 bridgehead atoms. The SMILES string of the molecule is CC1CCCN(C(=O)c2nc(C(=O)NCCCN(C)C)n3c2CCCC3)C1. The number of hydrogen-bond acceptors (Lipinski definition) is 4. The molecule has 7 heteroatoms. The number of carbonyl (C=O) groups excluding carboxylic acids is 2. The van der Waals surface area contributed by atoms with Gasteiger partial charge in [-0.05, 0) is 65.1 Å². The third-order valence-corrected chi connectivity index (χ3v) is 5.54. The Kier molecular flexibility index (Phi) is 6.52. The van der Waals surface area contributed by atoms with Crippen molar-refractivity contribution in [1.29, 1.82) is 0 Å². The zero-order valence-corrected chi connectivity index (χ0v) is 17.0. The van der Waals surface area contributed by atoms with Crippen molar-refractivity contribution < 1.29 is 9.59 Å². The summed E-state index contributed by atoms with van der Waals surface area (Å²) in [6, 6.07) is 0. The third kappa shape index (κ3) is 4.69. The van der Waals surface area contributed by atoms with E-state index in [2.05, 4.69) is 22.1 Å². The first-order chi connectivity index (χ1) is 13.0. The molecule has 0 radical (unpaired) electrons. The molecule has 150 valence electrons. The summed E-state index contributed by atoms with van der Waals surface area (Å²) in [5.74, 6) is 0.769. The lowest BCUT2D eigenvalue weighted by atomic mass is 9.99. The molecule has 3 heterocycles. The average Bonchev–Trinajstić information content (AvgIpc) is 3.04. The first kappa shape index (κ1) is 19.9. The summed E-state index contributed by atoms with van der Waals surface area (Å²) in [7, 11) is 4.04. The van der Waals surface area contributed by atoms with Gasteiger partial charge in [-0.1, -0.05) is 6.92 Å². The fourth-order valence-electron chi connectivity index (χ4n) is 4.09. The molecule has 0 saturated carbocycles. The monoisotopic (exact) mass is 375 g/mol. The number of rotatable bonds is 6. The van der Waals surface area contributed by atoms with Crippen molar-refractivity contribution in [2.24, 2.45) is 5.92 Å². The van der Waals surface area contributed by atoms with E-state index in [4.69, 9.17) is 0 Å². The van der Waals surface area contributed by atoms with E-state index in [-0.39, 0.29) is 11.8 Å². The number of piperidine rings is 1. The van der Waals surface area contributed by atoms with Crippen LogP contribution in [-0.4, -0.2) is 71.4 Å². The maximum Gasteiger partial charge on any atom is 0.287 e. The molecule has 2 amide bonds. The minimum Gasteiger partial charge on any atom is -0.349 e. The highest BCUT2D eigenvalue weighted by Gasteiger charge is 2.31. The summed E-state index contributed by atoms with van der Waals surface area (Å²) in [4.78, 5) is 34.4. The van der Waals surface area contributed by atoms with Crippen molar-refractivity contribution in [3.63, 3.8) is 0 Å². The van der Waals surface area contributed by atoms with E-state index >= 15 is 0 Å². The predicted octanol–water partition coefficient (Wildman–Crippen LogP) is 1.77. The van der Waals surface area contributed by atoms with Gasteiger partial charge in [-0.2, -0.15) is 0 Å². The van der Waals surface area contributed by atoms with Gasteiger partial charge in [-0.25, -0.2) is 4.98 Å². The number of imidazole rings is 1. The minimum atomic E-state index is -0.164. The van der Waals surface area contributed by atoms with E-state index in [0.29, 0.717) is 24.0 Å². The lowest BCUT2D eigenvalue weighted by Gasteiger charge is -2.30. The molecule has 1 saturated heterocycles. The van der Waals surface area contributed by atoms with Crippen molar-refractivity contribution in [3.05, 3.63) is 17.2 Å². The zero-order chi connectivity index (χ0) is 19.4. The number of nitrogens with zero attached hydrogens (tertiary/aromatic N) is 4. The quantitative estimate of drug-likeness (QED) is 0.770. The molecule has 1 atom stereocenters. The summed E-state index contributed by atoms with van der Waals surface area (Å²) < 4.78 is 1.98. The van der Waals surface area contributed by atoms with Gasteiger partial charge in [0.25, 0.3) is 11.8 Å². The molecule has 0 spiro atoms. The molecular formula is C20H33N5O2. The van der Waals surface area contributed by atoms with E-state index < -0.39 is 0 Å². The van der Waals surface area contributed by atoms with E-state index in [1.165, 1.54) is 6.42 Å². The Morgan fingerprint density at radius 3 is 2.78 bits per heavy atom. The van der Waals surface area contributed by atoms with Crippen molar-refractivity contribution >= 4 is 11.8 Å². The minimum absolute atomic E-state index is 0.00106. The first-order valence-electron chi connectivity index (χ1n) is 10.3. The van der Waals surface area contributed by atoms with Gasteiger partial charge in [0.1, 0.15) is 5.69 Å². The fraction of sp³-hybridized carbons (Fsp3) is 0.750. The number of fused-ring (bicyclic) bond motifs is 1. The highest BCUT2D eigenvalue weighted by atomic mass is 16.2. The van der Waals surface area contributed by atoms with Crippen LogP contribution in [0.2, 0.25) is 0 Å². The Labute approximate surface area is 162 Å². The second-order valence-corrected chi connectivity index (χ2v) is 8.25. The van der Waals surface area contributed by atoms with Crippen molar-refractivity contribution in [3.8, 4) is 0 Å². The highest BCUT2D eigenvalue weighted by Crippen LogP contribution is 2.24. The van der Waals surface area contributed by atoms with Gasteiger partial charge in [0.05, 0.1) is 5.69 Å². The van der Waals surface area contributed by atoms with Gasteiger partial charge < -0.3 is 19.7 Å². The van der Waals surface area contributed by atoms with Crippen LogP contribution in [0.4, 0.5) is 0 Å². The third-order valence-electron chi connectivity index (χ3n) is 5.54. The summed E-state index contributed by atoms with van der Waals surface area (Å²) in [5, 5.41) is 2.97. The maximum atomic E-state index is 13.1. The van der Waals surface area contributed by atoms with Crippen molar-refractivity contribution in [1.82, 2.24) is 24.7 Å². The maximum absolute atomic E-state index is 13.1. The largest absolute Gasteiger partial charge is 0.349 e. The van der Waals surface area contributed by atoms with Crippen molar-refractivity contribution in [2.45, 2.75) is 52.0 Å². The Morgan fingerprint density at radius 2 is 2.04 bits per heavy atom. The second kappa shape index (κ2) is 8.87. The molecule has 1 N–H and O–H groups in total. The number of likely N-dealkylation sites (tertiary alicyclic amines) is 1. The normalized spacial score (nSPS) is 19.9. The molecule has 2 aliphatic heterocycles. The van der Waals surface area contributed by atoms with Gasteiger partial charge in [0.2, 0.25) is 0 Å². The van der Waals surface area contributed by atoms with Crippen LogP contribution in [0.15, 0.2) is 0 Å². The van der Waals surface area contributed by atoms with Crippen LogP contribution in [0.25, 0.3) is 0 Å². The van der Waals surface area contributed by atoms with Crippen LogP contribution in [0, 0.1) is 5.92 Å². The molecule has 3 rings (SSSR count). The summed E-state index contributed by atoms with van der Waals surface area (Å²) in [6.07, 6.45) is 6.01. The number of nitrogens with one attached hydrogen (secondary N) is 1. The van der Waals surface area contributed by atoms with Gasteiger partial charge in [0, 0.05) is 26.2 Å². The number of amides is 2. The van der Waals surface area contributed by atoms with E-state index in [1.54, 1.807) is 0 Å². The molecule has 2 aliphatic rings. The highest BCUT2D eigenvalue weighted by molar-refractivity contribution is 5.97. The van der Waals surface area contributed by atoms with Crippen LogP contribution in [-0.2, 0) is 13.0 Å². The summed E-state index contributed by atoms with van der Waals surface area (Å²) >= 11 is 0. The Balaban J connectivity index is 1.75. The number of aromatic nitrogens is 2. The van der Waals surface area contributed by atoms with Crippen LogP contribution in [0.1, 0.15) is 65.8 Å². The topological polar surface area (TPSA) is 70.5 Å². The molecule has 0 aromatic carbocycles. The van der Waals surface area contributed by atoms with Gasteiger partial charge >= 0.3 is 0 Å². The molecule has 7 nitrogen and oxygen atoms in total. The van der Waals surface area contributed by atoms with Crippen LogP contribution in [0.3, 0.4) is 0 Å². The predicted molar refractivity (Wildman–Crippen MR) is 105 cm³/mol. The van der Waals surface area contributed by atoms with Crippen molar-refractivity contribution in [2.75, 3.05) is 40.3 Å². The lowest BCUT2D eigenvalue weighted by Crippen LogP contribution is -2.39. The van der Waals surface area contributed by atoms with Gasteiger partial charge in [-0.15, -0.1) is 0 Å². The molecular weight excluding hydrogens is 342 g/mol. The fourth-order valence-corrected chi connectivity index (χ4v) is 4.09. The van der Waals surface area contributed by atoms with E-state index in [1.807, 2.05) is 23.6 Å². The van der Waals surface area contributed by atoms with Crippen LogP contribution >= 0.6 is 0 Å². The van der Waals surface area contributed by atoms with Gasteiger partial charge in [-0.3, -0.25) is 9.59 Å². The molecule has 1 fully saturated rings. The van der Waals surface area contributed by atoms with Gasteiger partial charge in [0.15, 0.2) is 5.82 Å². The standard InChI is InChI=1S/C20H33N5O2/c1-15-8-6-12-24(14-15)20(27)17-16-9-4-5-13-25(16)18(22-17)19(26)21-10-7-11-23(2)3/h15H,4-14H2,1-3H3,(H,21,26). The average molecular weight is 376 g/mol. The number of hydrogen-bond donors (Lipinski definition) is 1.